The smallest absolute Gasteiger partial charge is 0.150 e. The molecule has 3 aromatic rings. The molecule has 1 heterocycles. The molecule has 114 valence electrons. The van der Waals surface area contributed by atoms with Crippen LogP contribution in [0.2, 0.25) is 0 Å². The number of rotatable bonds is 4. The van der Waals surface area contributed by atoms with Crippen molar-refractivity contribution in [2.45, 2.75) is 6.92 Å². The zero-order valence-electron chi connectivity index (χ0n) is 12.6. The monoisotopic (exact) mass is 306 g/mol. The van der Waals surface area contributed by atoms with Crippen molar-refractivity contribution in [2.75, 3.05) is 5.43 Å². The lowest BCUT2D eigenvalue weighted by molar-refractivity contribution is 0.627. The Morgan fingerprint density at radius 3 is 2.61 bits per heavy atom. The van der Waals surface area contributed by atoms with Crippen LogP contribution >= 0.6 is 0 Å². The Labute approximate surface area is 133 Å². The first kappa shape index (κ1) is 14.8. The number of halogens is 1. The van der Waals surface area contributed by atoms with E-state index in [1.165, 1.54) is 12.1 Å². The second-order valence-corrected chi connectivity index (χ2v) is 4.98. The molecular weight excluding hydrogens is 291 g/mol. The molecule has 5 heteroatoms. The topological polar surface area (TPSA) is 50.2 Å². The van der Waals surface area contributed by atoms with Gasteiger partial charge in [-0.05, 0) is 24.6 Å². The number of hydrazone groups is 1. The van der Waals surface area contributed by atoms with Gasteiger partial charge in [0.25, 0.3) is 0 Å². The maximum atomic E-state index is 13.1. The van der Waals surface area contributed by atoms with Crippen molar-refractivity contribution < 1.29 is 4.39 Å². The van der Waals surface area contributed by atoms with E-state index in [2.05, 4.69) is 20.5 Å². The number of anilines is 1. The average Bonchev–Trinajstić information content (AvgIpc) is 2.55. The molecule has 0 fully saturated rings. The SMILES string of the molecule is Cc1nc(N/N=C\c2cccc(F)c2)cc(-c2ccccc2)n1. The zero-order valence-corrected chi connectivity index (χ0v) is 12.6. The lowest BCUT2D eigenvalue weighted by Gasteiger charge is -2.05. The molecule has 4 nitrogen and oxygen atoms in total. The number of hydrogen-bond donors (Lipinski definition) is 1. The third kappa shape index (κ3) is 3.97. The Balaban J connectivity index is 1.79. The van der Waals surface area contributed by atoms with Gasteiger partial charge >= 0.3 is 0 Å². The van der Waals surface area contributed by atoms with E-state index in [4.69, 9.17) is 0 Å². The fraction of sp³-hybridized carbons (Fsp3) is 0.0556. The minimum Gasteiger partial charge on any atom is -0.261 e. The summed E-state index contributed by atoms with van der Waals surface area (Å²) in [6, 6.07) is 17.9. The largest absolute Gasteiger partial charge is 0.261 e. The Morgan fingerprint density at radius 2 is 1.83 bits per heavy atom. The van der Waals surface area contributed by atoms with Gasteiger partial charge < -0.3 is 0 Å². The van der Waals surface area contributed by atoms with Crippen LogP contribution in [0, 0.1) is 12.7 Å². The van der Waals surface area contributed by atoms with E-state index in [0.717, 1.165) is 11.3 Å². The molecule has 0 atom stereocenters. The lowest BCUT2D eigenvalue weighted by Crippen LogP contribution is -1.98. The summed E-state index contributed by atoms with van der Waals surface area (Å²) < 4.78 is 13.1. The first-order valence-electron chi connectivity index (χ1n) is 7.16. The van der Waals surface area contributed by atoms with Gasteiger partial charge in [0, 0.05) is 11.6 Å². The Kier molecular flexibility index (Phi) is 4.38. The molecule has 2 aromatic carbocycles. The predicted molar refractivity (Wildman–Crippen MR) is 89.8 cm³/mol. The van der Waals surface area contributed by atoms with E-state index in [1.54, 1.807) is 18.3 Å². The summed E-state index contributed by atoms with van der Waals surface area (Å²) in [7, 11) is 0. The standard InChI is InChI=1S/C18H15FN4/c1-13-21-17(15-7-3-2-4-8-15)11-18(22-13)23-20-12-14-6-5-9-16(19)10-14/h2-12H,1H3,(H,21,22,23)/b20-12-. The van der Waals surface area contributed by atoms with E-state index in [9.17, 15) is 4.39 Å². The Hall–Kier alpha value is -3.08. The predicted octanol–water partition coefficient (Wildman–Crippen LogP) is 4.04. The van der Waals surface area contributed by atoms with E-state index in [1.807, 2.05) is 43.3 Å². The minimum absolute atomic E-state index is 0.293. The number of aryl methyl sites for hydroxylation is 1. The molecule has 0 bridgehead atoms. The second kappa shape index (κ2) is 6.79. The van der Waals surface area contributed by atoms with Crippen molar-refractivity contribution >= 4 is 12.0 Å². The van der Waals surface area contributed by atoms with Gasteiger partial charge in [0.05, 0.1) is 11.9 Å². The molecule has 0 unspecified atom stereocenters. The van der Waals surface area contributed by atoms with Crippen LogP contribution in [0.4, 0.5) is 10.2 Å². The number of aromatic nitrogens is 2. The van der Waals surface area contributed by atoms with Crippen molar-refractivity contribution in [1.29, 1.82) is 0 Å². The third-order valence-corrected chi connectivity index (χ3v) is 3.15. The van der Waals surface area contributed by atoms with Gasteiger partial charge in [-0.2, -0.15) is 5.10 Å². The molecule has 0 amide bonds. The molecule has 1 aromatic heterocycles. The number of benzene rings is 2. The molecule has 23 heavy (non-hydrogen) atoms. The number of nitrogens with one attached hydrogen (secondary N) is 1. The highest BCUT2D eigenvalue weighted by Crippen LogP contribution is 2.19. The Morgan fingerprint density at radius 1 is 1.00 bits per heavy atom. The summed E-state index contributed by atoms with van der Waals surface area (Å²) in [5, 5.41) is 4.10. The van der Waals surface area contributed by atoms with Crippen LogP contribution in [-0.2, 0) is 0 Å². The van der Waals surface area contributed by atoms with Crippen LogP contribution < -0.4 is 5.43 Å². The molecule has 3 rings (SSSR count). The molecule has 0 aliphatic heterocycles. The number of hydrogen-bond acceptors (Lipinski definition) is 4. The highest BCUT2D eigenvalue weighted by Gasteiger charge is 2.03. The highest BCUT2D eigenvalue weighted by molar-refractivity contribution is 5.80. The molecular formula is C18H15FN4. The molecule has 0 radical (unpaired) electrons. The van der Waals surface area contributed by atoms with Crippen molar-refractivity contribution in [1.82, 2.24) is 9.97 Å². The summed E-state index contributed by atoms with van der Waals surface area (Å²) in [6.45, 7) is 1.83. The third-order valence-electron chi connectivity index (χ3n) is 3.15. The molecule has 0 saturated carbocycles. The molecule has 1 N–H and O–H groups in total. The van der Waals surface area contributed by atoms with Gasteiger partial charge in [0.15, 0.2) is 0 Å². The van der Waals surface area contributed by atoms with E-state index >= 15 is 0 Å². The second-order valence-electron chi connectivity index (χ2n) is 4.98. The van der Waals surface area contributed by atoms with E-state index < -0.39 is 0 Å². The van der Waals surface area contributed by atoms with Gasteiger partial charge in [0.2, 0.25) is 0 Å². The fourth-order valence-corrected chi connectivity index (χ4v) is 2.14. The summed E-state index contributed by atoms with van der Waals surface area (Å²) in [5.74, 6) is 0.942. The zero-order chi connectivity index (χ0) is 16.1. The van der Waals surface area contributed by atoms with Gasteiger partial charge in [0.1, 0.15) is 17.5 Å². The van der Waals surface area contributed by atoms with Crippen LogP contribution in [-0.4, -0.2) is 16.2 Å². The minimum atomic E-state index is -0.293. The summed E-state index contributed by atoms with van der Waals surface area (Å²) >= 11 is 0. The van der Waals surface area contributed by atoms with Crippen molar-refractivity contribution in [3.8, 4) is 11.3 Å². The average molecular weight is 306 g/mol. The molecule has 0 aliphatic rings. The van der Waals surface area contributed by atoms with Gasteiger partial charge in [-0.25, -0.2) is 14.4 Å². The first-order chi connectivity index (χ1) is 11.2. The fourth-order valence-electron chi connectivity index (χ4n) is 2.14. The van der Waals surface area contributed by atoms with E-state index in [0.29, 0.717) is 17.2 Å². The van der Waals surface area contributed by atoms with Crippen molar-refractivity contribution in [3.63, 3.8) is 0 Å². The van der Waals surface area contributed by atoms with Gasteiger partial charge in [-0.1, -0.05) is 42.5 Å². The molecule has 0 aliphatic carbocycles. The lowest BCUT2D eigenvalue weighted by atomic mass is 10.1. The molecule has 0 spiro atoms. The van der Waals surface area contributed by atoms with Gasteiger partial charge in [-0.3, -0.25) is 5.43 Å². The van der Waals surface area contributed by atoms with Crippen LogP contribution in [0.25, 0.3) is 11.3 Å². The van der Waals surface area contributed by atoms with Gasteiger partial charge in [-0.15, -0.1) is 0 Å². The van der Waals surface area contributed by atoms with Crippen molar-refractivity contribution in [3.05, 3.63) is 77.9 Å². The van der Waals surface area contributed by atoms with Crippen LogP contribution in [0.5, 0.6) is 0 Å². The van der Waals surface area contributed by atoms with Crippen LogP contribution in [0.3, 0.4) is 0 Å². The van der Waals surface area contributed by atoms with E-state index in [-0.39, 0.29) is 5.82 Å². The summed E-state index contributed by atoms with van der Waals surface area (Å²) in [6.07, 6.45) is 1.54. The van der Waals surface area contributed by atoms with Crippen LogP contribution in [0.15, 0.2) is 65.8 Å². The summed E-state index contributed by atoms with van der Waals surface area (Å²) in [5.41, 5.74) is 5.36. The Bertz CT molecular complexity index is 831. The first-order valence-corrected chi connectivity index (χ1v) is 7.16. The highest BCUT2D eigenvalue weighted by atomic mass is 19.1. The normalized spacial score (nSPS) is 10.9. The quantitative estimate of drug-likeness (QED) is 0.584. The number of nitrogens with zero attached hydrogens (tertiary/aromatic N) is 3. The maximum absolute atomic E-state index is 13.1. The van der Waals surface area contributed by atoms with Crippen LogP contribution in [0.1, 0.15) is 11.4 Å². The van der Waals surface area contributed by atoms with Crippen molar-refractivity contribution in [2.24, 2.45) is 5.10 Å². The summed E-state index contributed by atoms with van der Waals surface area (Å²) in [4.78, 5) is 8.73. The molecule has 0 saturated heterocycles. The maximum Gasteiger partial charge on any atom is 0.150 e.